The van der Waals surface area contributed by atoms with Gasteiger partial charge in [-0.15, -0.1) is 0 Å². The van der Waals surface area contributed by atoms with Crippen LogP contribution < -0.4 is 15.5 Å². The lowest BCUT2D eigenvalue weighted by Gasteiger charge is -2.40. The number of carbonyl (C=O) groups excluding carboxylic acids is 3. The van der Waals surface area contributed by atoms with Gasteiger partial charge in [-0.25, -0.2) is 8.78 Å². The number of aromatic nitrogens is 1. The van der Waals surface area contributed by atoms with Crippen molar-refractivity contribution in [2.45, 2.75) is 85.9 Å². The number of esters is 1. The Labute approximate surface area is 275 Å². The van der Waals surface area contributed by atoms with Gasteiger partial charge in [-0.3, -0.25) is 23.7 Å². The molecule has 3 atom stereocenters. The first-order valence-electron chi connectivity index (χ1n) is 15.8. The van der Waals surface area contributed by atoms with Crippen molar-refractivity contribution in [3.8, 4) is 5.75 Å². The Morgan fingerprint density at radius 1 is 1.17 bits per heavy atom. The van der Waals surface area contributed by atoms with Gasteiger partial charge in [0.05, 0.1) is 19.6 Å². The van der Waals surface area contributed by atoms with E-state index in [0.717, 1.165) is 6.07 Å². The number of nitrogens with one attached hydrogen (secondary N) is 1. The minimum Gasteiger partial charge on any atom is -0.491 e. The molecule has 47 heavy (non-hydrogen) atoms. The predicted octanol–water partition coefficient (Wildman–Crippen LogP) is 6.37. The number of halogens is 2. The highest BCUT2D eigenvalue weighted by atomic mass is 31.2. The number of ether oxygens (including phenoxy) is 2. The lowest BCUT2D eigenvalue weighted by Crippen LogP contribution is -2.44. The second-order valence-corrected chi connectivity index (χ2v) is 16.4. The fraction of sp³-hybridized carbons (Fsp3) is 0.588. The first-order chi connectivity index (χ1) is 21.8. The van der Waals surface area contributed by atoms with Crippen LogP contribution in [-0.2, 0) is 31.7 Å². The summed E-state index contributed by atoms with van der Waals surface area (Å²) in [5.41, 5.74) is -2.68. The van der Waals surface area contributed by atoms with Crippen molar-refractivity contribution in [1.82, 2.24) is 9.88 Å². The van der Waals surface area contributed by atoms with Gasteiger partial charge < -0.3 is 23.9 Å². The van der Waals surface area contributed by atoms with Gasteiger partial charge in [0.15, 0.2) is 18.9 Å². The second kappa shape index (κ2) is 15.2. The number of hydrogen-bond acceptors (Lipinski definition) is 8. The molecule has 1 amide bonds. The van der Waals surface area contributed by atoms with Crippen LogP contribution in [0.5, 0.6) is 5.75 Å². The van der Waals surface area contributed by atoms with Gasteiger partial charge in [0, 0.05) is 49.2 Å². The number of rotatable bonds is 14. The van der Waals surface area contributed by atoms with Gasteiger partial charge in [0.25, 0.3) is 5.91 Å². The Morgan fingerprint density at radius 3 is 2.45 bits per heavy atom. The van der Waals surface area contributed by atoms with Gasteiger partial charge in [0.1, 0.15) is 28.5 Å². The summed E-state index contributed by atoms with van der Waals surface area (Å²) in [5, 5.41) is 2.49. The molecule has 13 heteroatoms. The van der Waals surface area contributed by atoms with Gasteiger partial charge in [0.2, 0.25) is 5.43 Å². The third-order valence-corrected chi connectivity index (χ3v) is 10.4. The number of ketones is 1. The zero-order valence-corrected chi connectivity index (χ0v) is 29.4. The molecular formula is C34H47F2N2O8P. The average molecular weight is 681 g/mol. The second-order valence-electron chi connectivity index (χ2n) is 13.7. The summed E-state index contributed by atoms with van der Waals surface area (Å²) < 4.78 is 58.1. The maximum Gasteiger partial charge on any atom is 0.309 e. The minimum absolute atomic E-state index is 0.0287. The average Bonchev–Trinajstić information content (AvgIpc) is 2.95. The molecule has 2 heterocycles. The van der Waals surface area contributed by atoms with E-state index in [1.165, 1.54) is 23.9 Å². The van der Waals surface area contributed by atoms with Crippen molar-refractivity contribution in [3.63, 3.8) is 0 Å². The molecule has 0 aliphatic carbocycles. The number of nitrogens with zero attached hydrogens (tertiary/aromatic N) is 1. The number of amides is 1. The van der Waals surface area contributed by atoms with E-state index in [0.29, 0.717) is 44.5 Å². The molecule has 0 bridgehead atoms. The molecule has 1 N–H and O–H groups in total. The highest BCUT2D eigenvalue weighted by Gasteiger charge is 2.45. The molecule has 1 aliphatic heterocycles. The van der Waals surface area contributed by atoms with Crippen LogP contribution in [0.3, 0.4) is 0 Å². The molecule has 0 saturated carbocycles. The lowest BCUT2D eigenvalue weighted by molar-refractivity contribution is -0.160. The number of fused-ring (bicyclic) bond motifs is 1. The summed E-state index contributed by atoms with van der Waals surface area (Å²) >= 11 is 0. The number of carbonyl (C=O) groups is 3. The molecule has 10 nitrogen and oxygen atoms in total. The number of hydrogen-bond donors (Lipinski definition) is 1. The Morgan fingerprint density at radius 2 is 1.85 bits per heavy atom. The first kappa shape index (κ1) is 38.1. The molecule has 0 spiro atoms. The zero-order chi connectivity index (χ0) is 35.3. The van der Waals surface area contributed by atoms with Crippen LogP contribution in [0, 0.1) is 28.9 Å². The van der Waals surface area contributed by atoms with Crippen molar-refractivity contribution in [2.24, 2.45) is 17.3 Å². The highest BCUT2D eigenvalue weighted by Crippen LogP contribution is 2.45. The quantitative estimate of drug-likeness (QED) is 0.180. The largest absolute Gasteiger partial charge is 0.491 e. The van der Waals surface area contributed by atoms with Crippen molar-refractivity contribution in [1.29, 1.82) is 0 Å². The Bertz CT molecular complexity index is 1600. The molecule has 3 rings (SSSR count). The summed E-state index contributed by atoms with van der Waals surface area (Å²) in [6.07, 6.45) is 3.38. The summed E-state index contributed by atoms with van der Waals surface area (Å²) in [7, 11) is -1.55. The maximum absolute atomic E-state index is 14.1. The summed E-state index contributed by atoms with van der Waals surface area (Å²) in [6, 6.07) is 2.95. The monoisotopic (exact) mass is 680 g/mol. The summed E-state index contributed by atoms with van der Waals surface area (Å²) in [4.78, 5) is 53.6. The number of methoxy groups -OCH3 is 1. The van der Waals surface area contributed by atoms with Crippen LogP contribution in [0.2, 0.25) is 0 Å². The normalized spacial score (nSPS) is 17.7. The summed E-state index contributed by atoms with van der Waals surface area (Å²) in [5.74, 6) is -4.22. The Kier molecular flexibility index (Phi) is 12.3. The number of Topliss-reactive ketones (excluding diaryl/α,β-unsaturated/α-hetero) is 1. The van der Waals surface area contributed by atoms with Crippen LogP contribution in [0.4, 0.5) is 8.78 Å². The Balaban J connectivity index is 1.87. The SMILES string of the molecule is CCOP(C)(=O)CCCC(CCC1Cn2cc(C(=O)NCc3ccc(F)cc3F)c(=O)c(OC)c2C(=O)C1(C)C)C(=O)OC(C)(C)C. The van der Waals surface area contributed by atoms with E-state index >= 15 is 0 Å². The van der Waals surface area contributed by atoms with Gasteiger partial charge in [-0.05, 0) is 65.4 Å². The van der Waals surface area contributed by atoms with E-state index < -0.39 is 47.3 Å². The van der Waals surface area contributed by atoms with Crippen LogP contribution in [0.15, 0.2) is 29.2 Å². The van der Waals surface area contributed by atoms with E-state index in [9.17, 15) is 32.5 Å². The molecule has 1 aromatic heterocycles. The van der Waals surface area contributed by atoms with E-state index in [1.807, 2.05) is 0 Å². The third kappa shape index (κ3) is 9.60. The topological polar surface area (TPSA) is 130 Å². The smallest absolute Gasteiger partial charge is 0.309 e. The Hall–Kier alpha value is -3.37. The van der Waals surface area contributed by atoms with Crippen molar-refractivity contribution in [3.05, 3.63) is 63.1 Å². The van der Waals surface area contributed by atoms with Crippen LogP contribution in [0.1, 0.15) is 93.6 Å². The molecule has 1 aliphatic rings. The minimum atomic E-state index is -2.79. The molecule has 260 valence electrons. The van der Waals surface area contributed by atoms with E-state index in [-0.39, 0.29) is 53.3 Å². The van der Waals surface area contributed by atoms with Gasteiger partial charge in [-0.1, -0.05) is 19.9 Å². The van der Waals surface area contributed by atoms with Crippen molar-refractivity contribution in [2.75, 3.05) is 26.5 Å². The van der Waals surface area contributed by atoms with Crippen LogP contribution in [-0.4, -0.2) is 54.4 Å². The maximum atomic E-state index is 14.1. The predicted molar refractivity (Wildman–Crippen MR) is 174 cm³/mol. The molecule has 0 saturated heterocycles. The van der Waals surface area contributed by atoms with Crippen molar-refractivity contribution >= 4 is 25.0 Å². The number of benzene rings is 1. The lowest BCUT2D eigenvalue weighted by atomic mass is 9.69. The molecule has 2 aromatic rings. The van der Waals surface area contributed by atoms with Gasteiger partial charge >= 0.3 is 5.97 Å². The van der Waals surface area contributed by atoms with E-state index in [1.54, 1.807) is 48.2 Å². The standard InChI is InChI=1S/C34H47F2N2O8P/c1-9-45-47(8,43)16-10-11-21(32(42)46-33(2,3)4)12-14-23-19-38-20-25(28(39)29(44-7)27(38)30(40)34(23,5)6)31(41)37-18-22-13-15-24(35)17-26(22)36/h13,15,17,20-21,23H,9-12,14,16,18-19H2,1-8H3,(H,37,41). The molecule has 3 unspecified atom stereocenters. The summed E-state index contributed by atoms with van der Waals surface area (Å²) in [6.45, 7) is 12.6. The molecule has 0 radical (unpaired) electrons. The highest BCUT2D eigenvalue weighted by molar-refractivity contribution is 7.58. The third-order valence-electron chi connectivity index (χ3n) is 8.50. The van der Waals surface area contributed by atoms with Crippen molar-refractivity contribution < 1.29 is 41.7 Å². The molecule has 0 fully saturated rings. The fourth-order valence-electron chi connectivity index (χ4n) is 5.84. The van der Waals surface area contributed by atoms with E-state index in [2.05, 4.69) is 5.32 Å². The van der Waals surface area contributed by atoms with Gasteiger partial charge in [-0.2, -0.15) is 0 Å². The zero-order valence-electron chi connectivity index (χ0n) is 28.5. The van der Waals surface area contributed by atoms with Crippen LogP contribution in [0.25, 0.3) is 0 Å². The molecular weight excluding hydrogens is 633 g/mol. The van der Waals surface area contributed by atoms with E-state index in [4.69, 9.17) is 14.0 Å². The number of pyridine rings is 1. The molecule has 1 aromatic carbocycles. The fourth-order valence-corrected chi connectivity index (χ4v) is 7.27. The van der Waals surface area contributed by atoms with Crippen LogP contribution >= 0.6 is 7.37 Å². The first-order valence-corrected chi connectivity index (χ1v) is 18.1.